The van der Waals surface area contributed by atoms with E-state index >= 15 is 0 Å². The second-order valence-corrected chi connectivity index (χ2v) is 12.8. The molecule has 0 unspecified atom stereocenters. The Morgan fingerprint density at radius 2 is 0.979 bits per heavy atom. The second kappa shape index (κ2) is 15.3. The standard InChI is InChI=1S/2C19H23NO4/c2*1-23-17(21)15-13-19(18(22)24-2)11-6-12-20(19)16(15)10-9-14-7-4-3-5-8-14/h2*3-5,7-10,15-16H,6,11-13H2,1-2H3/b2*10-9+/t2*15-,16-,19+/m10/s1. The SMILES string of the molecule is COC(=O)[C@@H]1C[C@]2(C(=O)OC)CCCN2[C@@H]1/C=C/c1ccccc1.COC(=O)[C@H]1C[C@@]2(C(=O)OC)CCCN2[C@H]1/C=C/c1ccccc1. The maximum absolute atomic E-state index is 12.5. The number of hydrogen-bond acceptors (Lipinski definition) is 10. The van der Waals surface area contributed by atoms with E-state index in [1.807, 2.05) is 85.0 Å². The molecule has 2 aromatic rings. The minimum atomic E-state index is -0.695. The fourth-order valence-electron chi connectivity index (χ4n) is 8.27. The van der Waals surface area contributed by atoms with Crippen LogP contribution in [-0.2, 0) is 38.1 Å². The van der Waals surface area contributed by atoms with Crippen molar-refractivity contribution in [3.8, 4) is 0 Å². The first-order valence-electron chi connectivity index (χ1n) is 16.6. The number of fused-ring (bicyclic) bond motifs is 2. The molecule has 0 aliphatic carbocycles. The molecule has 4 heterocycles. The maximum Gasteiger partial charge on any atom is 0.326 e. The number of hydrogen-bond donors (Lipinski definition) is 0. The third-order valence-corrected chi connectivity index (χ3v) is 10.4. The van der Waals surface area contributed by atoms with Crippen molar-refractivity contribution in [2.24, 2.45) is 11.8 Å². The van der Waals surface area contributed by atoms with Gasteiger partial charge in [0.05, 0.1) is 40.3 Å². The molecule has 2 aromatic carbocycles. The highest BCUT2D eigenvalue weighted by Gasteiger charge is 2.61. The van der Waals surface area contributed by atoms with Crippen LogP contribution >= 0.6 is 0 Å². The molecule has 4 fully saturated rings. The second-order valence-electron chi connectivity index (χ2n) is 12.8. The van der Waals surface area contributed by atoms with Crippen LogP contribution in [0.3, 0.4) is 0 Å². The van der Waals surface area contributed by atoms with Gasteiger partial charge in [0.15, 0.2) is 0 Å². The predicted molar refractivity (Wildman–Crippen MR) is 180 cm³/mol. The monoisotopic (exact) mass is 658 g/mol. The Morgan fingerprint density at radius 3 is 1.31 bits per heavy atom. The number of nitrogens with zero attached hydrogens (tertiary/aromatic N) is 2. The van der Waals surface area contributed by atoms with Gasteiger partial charge < -0.3 is 18.9 Å². The fraction of sp³-hybridized carbons (Fsp3) is 0.474. The Labute approximate surface area is 282 Å². The summed E-state index contributed by atoms with van der Waals surface area (Å²) in [5.74, 6) is -1.73. The number of esters is 4. The van der Waals surface area contributed by atoms with Gasteiger partial charge in [0.2, 0.25) is 0 Å². The zero-order valence-corrected chi connectivity index (χ0v) is 28.2. The molecule has 10 nitrogen and oxygen atoms in total. The number of rotatable bonds is 8. The van der Waals surface area contributed by atoms with Crippen molar-refractivity contribution in [3.63, 3.8) is 0 Å². The van der Waals surface area contributed by atoms with E-state index in [9.17, 15) is 19.2 Å². The Morgan fingerprint density at radius 1 is 0.604 bits per heavy atom. The zero-order chi connectivity index (χ0) is 34.3. The van der Waals surface area contributed by atoms with Gasteiger partial charge in [-0.05, 0) is 62.7 Å². The number of methoxy groups -OCH3 is 4. The van der Waals surface area contributed by atoms with Crippen LogP contribution in [0.4, 0.5) is 0 Å². The van der Waals surface area contributed by atoms with Crippen LogP contribution in [0.5, 0.6) is 0 Å². The van der Waals surface area contributed by atoms with E-state index in [1.54, 1.807) is 0 Å². The third kappa shape index (κ3) is 6.69. The normalized spacial score (nSPS) is 29.6. The van der Waals surface area contributed by atoms with Gasteiger partial charge in [-0.1, -0.05) is 85.0 Å². The first-order valence-corrected chi connectivity index (χ1v) is 16.6. The van der Waals surface area contributed by atoms with Gasteiger partial charge in [0.1, 0.15) is 11.1 Å². The van der Waals surface area contributed by atoms with Crippen LogP contribution < -0.4 is 0 Å². The summed E-state index contributed by atoms with van der Waals surface area (Å²) in [6.07, 6.45) is 12.3. The molecule has 256 valence electrons. The van der Waals surface area contributed by atoms with Crippen molar-refractivity contribution in [2.75, 3.05) is 41.5 Å². The number of carbonyl (C=O) groups excluding carboxylic acids is 4. The number of carbonyl (C=O) groups is 4. The lowest BCUT2D eigenvalue weighted by Crippen LogP contribution is -2.48. The van der Waals surface area contributed by atoms with Gasteiger partial charge >= 0.3 is 23.9 Å². The smallest absolute Gasteiger partial charge is 0.326 e. The van der Waals surface area contributed by atoms with E-state index in [2.05, 4.69) is 9.80 Å². The summed E-state index contributed by atoms with van der Waals surface area (Å²) in [7, 11) is 5.62. The topological polar surface area (TPSA) is 112 Å². The van der Waals surface area contributed by atoms with Crippen LogP contribution in [0.2, 0.25) is 0 Å². The van der Waals surface area contributed by atoms with E-state index in [1.165, 1.54) is 28.4 Å². The summed E-state index contributed by atoms with van der Waals surface area (Å²) in [5.41, 5.74) is 0.741. The van der Waals surface area contributed by atoms with Crippen molar-refractivity contribution in [3.05, 3.63) is 83.9 Å². The largest absolute Gasteiger partial charge is 0.469 e. The first kappa shape index (κ1) is 35.0. The van der Waals surface area contributed by atoms with Gasteiger partial charge in [-0.2, -0.15) is 0 Å². The van der Waals surface area contributed by atoms with Crippen molar-refractivity contribution in [2.45, 2.75) is 61.7 Å². The van der Waals surface area contributed by atoms with E-state index < -0.39 is 11.1 Å². The van der Waals surface area contributed by atoms with Gasteiger partial charge in [0.25, 0.3) is 0 Å². The predicted octanol–water partition coefficient (Wildman–Crippen LogP) is 4.54. The summed E-state index contributed by atoms with van der Waals surface area (Å²) < 4.78 is 20.1. The van der Waals surface area contributed by atoms with E-state index in [0.717, 1.165) is 49.9 Å². The van der Waals surface area contributed by atoms with Crippen LogP contribution in [0.25, 0.3) is 12.2 Å². The molecular formula is C38H46N2O8. The molecule has 0 saturated carbocycles. The molecule has 10 heteroatoms. The summed E-state index contributed by atoms with van der Waals surface area (Å²) in [4.78, 5) is 53.7. The Kier molecular flexibility index (Phi) is 11.2. The zero-order valence-electron chi connectivity index (χ0n) is 28.2. The highest BCUT2D eigenvalue weighted by atomic mass is 16.5. The average molecular weight is 659 g/mol. The van der Waals surface area contributed by atoms with E-state index in [4.69, 9.17) is 18.9 Å². The molecule has 0 amide bonds. The molecular weight excluding hydrogens is 612 g/mol. The maximum atomic E-state index is 12.5. The van der Waals surface area contributed by atoms with Crippen molar-refractivity contribution in [1.29, 1.82) is 0 Å². The van der Waals surface area contributed by atoms with Crippen molar-refractivity contribution in [1.82, 2.24) is 9.80 Å². The van der Waals surface area contributed by atoms with Crippen molar-refractivity contribution >= 4 is 36.0 Å². The van der Waals surface area contributed by atoms with Crippen LogP contribution in [-0.4, -0.2) is 98.4 Å². The molecule has 0 aromatic heterocycles. The molecule has 4 saturated heterocycles. The molecule has 4 aliphatic heterocycles. The van der Waals surface area contributed by atoms with Crippen molar-refractivity contribution < 1.29 is 38.1 Å². The molecule has 0 spiro atoms. The average Bonchev–Trinajstić information content (AvgIpc) is 3.89. The third-order valence-electron chi connectivity index (χ3n) is 10.4. The quantitative estimate of drug-likeness (QED) is 0.296. The Hall–Kier alpha value is -4.28. The molecule has 0 radical (unpaired) electrons. The minimum Gasteiger partial charge on any atom is -0.469 e. The summed E-state index contributed by atoms with van der Waals surface area (Å²) in [5, 5.41) is 0. The highest BCUT2D eigenvalue weighted by Crippen LogP contribution is 2.48. The van der Waals surface area contributed by atoms with E-state index in [0.29, 0.717) is 12.8 Å². The molecule has 6 atom stereocenters. The van der Waals surface area contributed by atoms with Crippen LogP contribution in [0, 0.1) is 11.8 Å². The molecule has 48 heavy (non-hydrogen) atoms. The summed E-state index contributed by atoms with van der Waals surface area (Å²) in [6, 6.07) is 19.6. The first-order chi connectivity index (χ1) is 23.2. The molecule has 4 aliphatic rings. The van der Waals surface area contributed by atoms with Gasteiger partial charge in [0, 0.05) is 12.1 Å². The minimum absolute atomic E-state index is 0.153. The van der Waals surface area contributed by atoms with Gasteiger partial charge in [-0.3, -0.25) is 29.0 Å². The van der Waals surface area contributed by atoms with Crippen LogP contribution in [0.15, 0.2) is 72.8 Å². The summed E-state index contributed by atoms with van der Waals surface area (Å²) in [6.45, 7) is 1.57. The molecule has 0 N–H and O–H groups in total. The number of ether oxygens (including phenoxy) is 4. The fourth-order valence-corrected chi connectivity index (χ4v) is 8.27. The lowest BCUT2D eigenvalue weighted by molar-refractivity contribution is -0.153. The summed E-state index contributed by atoms with van der Waals surface area (Å²) >= 11 is 0. The molecule has 6 rings (SSSR count). The number of benzene rings is 2. The van der Waals surface area contributed by atoms with E-state index in [-0.39, 0.29) is 47.8 Å². The highest BCUT2D eigenvalue weighted by molar-refractivity contribution is 5.86. The lowest BCUT2D eigenvalue weighted by atomic mass is 9.88. The Bertz CT molecular complexity index is 1400. The lowest BCUT2D eigenvalue weighted by Gasteiger charge is -2.31. The van der Waals surface area contributed by atoms with Gasteiger partial charge in [-0.15, -0.1) is 0 Å². The Balaban J connectivity index is 0.000000188. The van der Waals surface area contributed by atoms with Crippen LogP contribution in [0.1, 0.15) is 49.7 Å². The molecule has 0 bridgehead atoms. The van der Waals surface area contributed by atoms with Gasteiger partial charge in [-0.25, -0.2) is 0 Å².